The summed E-state index contributed by atoms with van der Waals surface area (Å²) in [7, 11) is 1.60. The molecule has 3 aromatic heterocycles. The third-order valence-electron chi connectivity index (χ3n) is 5.33. The van der Waals surface area contributed by atoms with Crippen LogP contribution in [0, 0.1) is 0 Å². The van der Waals surface area contributed by atoms with Crippen molar-refractivity contribution in [2.24, 2.45) is 0 Å². The van der Waals surface area contributed by atoms with E-state index in [2.05, 4.69) is 20.4 Å². The molecule has 4 aromatic rings. The van der Waals surface area contributed by atoms with Crippen molar-refractivity contribution in [2.45, 2.75) is 38.8 Å². The Balaban J connectivity index is 1.48. The molecule has 0 unspecified atom stereocenters. The van der Waals surface area contributed by atoms with Gasteiger partial charge in [-0.25, -0.2) is 9.67 Å². The molecule has 3 heterocycles. The number of rotatable bonds is 6. The zero-order chi connectivity index (χ0) is 24.7. The maximum absolute atomic E-state index is 13.6. The predicted octanol–water partition coefficient (Wildman–Crippen LogP) is 5.11. The molecule has 0 saturated carbocycles. The second kappa shape index (κ2) is 8.79. The Morgan fingerprint density at radius 1 is 1.24 bits per heavy atom. The molecule has 11 heteroatoms. The van der Waals surface area contributed by atoms with E-state index in [4.69, 9.17) is 4.74 Å². The number of carbonyl (C=O) groups is 1. The van der Waals surface area contributed by atoms with E-state index < -0.39 is 23.2 Å². The molecule has 0 fully saturated rings. The summed E-state index contributed by atoms with van der Waals surface area (Å²) in [5.41, 5.74) is 0.802. The van der Waals surface area contributed by atoms with Gasteiger partial charge >= 0.3 is 6.18 Å². The monoisotopic (exact) mass is 491 g/mol. The first kappa shape index (κ1) is 23.8. The van der Waals surface area contributed by atoms with Crippen LogP contribution in [-0.4, -0.2) is 39.3 Å². The summed E-state index contributed by atoms with van der Waals surface area (Å²) in [6, 6.07) is 6.72. The number of benzene rings is 1. The normalized spacial score (nSPS) is 12.3. The van der Waals surface area contributed by atoms with Crippen LogP contribution in [0.1, 0.15) is 48.2 Å². The number of halogens is 3. The van der Waals surface area contributed by atoms with Gasteiger partial charge in [0.2, 0.25) is 5.13 Å². The second-order valence-electron chi connectivity index (χ2n) is 8.82. The van der Waals surface area contributed by atoms with Gasteiger partial charge < -0.3 is 15.0 Å². The van der Waals surface area contributed by atoms with Crippen LogP contribution in [-0.2, 0) is 18.0 Å². The van der Waals surface area contributed by atoms with E-state index in [0.717, 1.165) is 44.3 Å². The number of H-pyrrole nitrogens is 1. The van der Waals surface area contributed by atoms with Gasteiger partial charge in [-0.05, 0) is 36.2 Å². The van der Waals surface area contributed by atoms with Gasteiger partial charge in [0.1, 0.15) is 11.4 Å². The van der Waals surface area contributed by atoms with Gasteiger partial charge in [0.25, 0.3) is 5.91 Å². The molecule has 0 spiro atoms. The highest BCUT2D eigenvalue weighted by Crippen LogP contribution is 2.35. The summed E-state index contributed by atoms with van der Waals surface area (Å²) in [6.07, 6.45) is -2.17. The number of ether oxygens (including phenoxy) is 1. The van der Waals surface area contributed by atoms with Crippen LogP contribution in [0.2, 0.25) is 0 Å². The average molecular weight is 492 g/mol. The average Bonchev–Trinajstić information content (AvgIpc) is 3.50. The van der Waals surface area contributed by atoms with E-state index in [9.17, 15) is 18.0 Å². The van der Waals surface area contributed by atoms with Gasteiger partial charge in [-0.1, -0.05) is 20.8 Å². The fraction of sp³-hybridized carbons (Fsp3) is 0.348. The molecule has 2 N–H and O–H groups in total. The van der Waals surface area contributed by atoms with Gasteiger partial charge in [-0.3, -0.25) is 4.79 Å². The number of fused-ring (bicyclic) bond motifs is 1. The molecular weight excluding hydrogens is 467 g/mol. The number of thiazole rings is 1. The highest BCUT2D eigenvalue weighted by Gasteiger charge is 2.38. The van der Waals surface area contributed by atoms with Crippen molar-refractivity contribution >= 4 is 28.1 Å². The first-order valence-corrected chi connectivity index (χ1v) is 11.4. The van der Waals surface area contributed by atoms with Crippen molar-refractivity contribution in [1.82, 2.24) is 25.1 Å². The molecule has 0 aliphatic heterocycles. The van der Waals surface area contributed by atoms with Crippen LogP contribution in [0.15, 0.2) is 35.8 Å². The Bertz CT molecular complexity index is 1330. The maximum atomic E-state index is 13.6. The molecular formula is C23H24F3N5O2S. The smallest absolute Gasteiger partial charge is 0.433 e. The zero-order valence-corrected chi connectivity index (χ0v) is 19.9. The summed E-state index contributed by atoms with van der Waals surface area (Å²) in [5.74, 6) is 0.274. The number of nitrogens with zero attached hydrogens (tertiary/aromatic N) is 3. The summed E-state index contributed by atoms with van der Waals surface area (Å²) in [6.45, 7) is 5.68. The van der Waals surface area contributed by atoms with E-state index in [1.807, 2.05) is 24.4 Å². The molecule has 1 amide bonds. The minimum absolute atomic E-state index is 0.0169. The third kappa shape index (κ3) is 4.79. The predicted molar refractivity (Wildman–Crippen MR) is 124 cm³/mol. The second-order valence-corrected chi connectivity index (χ2v) is 9.66. The van der Waals surface area contributed by atoms with E-state index in [1.165, 1.54) is 5.38 Å². The van der Waals surface area contributed by atoms with Crippen LogP contribution < -0.4 is 10.1 Å². The molecule has 34 heavy (non-hydrogen) atoms. The lowest BCUT2D eigenvalue weighted by molar-refractivity contribution is -0.142. The lowest BCUT2D eigenvalue weighted by Gasteiger charge is -2.13. The summed E-state index contributed by atoms with van der Waals surface area (Å²) < 4.78 is 46.8. The van der Waals surface area contributed by atoms with Gasteiger partial charge in [-0.15, -0.1) is 11.3 Å². The quantitative estimate of drug-likeness (QED) is 0.393. The minimum atomic E-state index is -4.60. The Kier molecular flexibility index (Phi) is 6.15. The molecule has 1 aromatic carbocycles. The van der Waals surface area contributed by atoms with Crippen LogP contribution in [0.5, 0.6) is 5.75 Å². The summed E-state index contributed by atoms with van der Waals surface area (Å²) in [4.78, 5) is 19.9. The maximum Gasteiger partial charge on any atom is 0.433 e. The van der Waals surface area contributed by atoms with E-state index >= 15 is 0 Å². The Hall–Kier alpha value is -3.34. The minimum Gasteiger partial charge on any atom is -0.497 e. The van der Waals surface area contributed by atoms with Crippen molar-refractivity contribution in [3.8, 4) is 10.9 Å². The Morgan fingerprint density at radius 3 is 2.68 bits per heavy atom. The molecule has 4 rings (SSSR count). The fourth-order valence-electron chi connectivity index (χ4n) is 3.45. The summed E-state index contributed by atoms with van der Waals surface area (Å²) >= 11 is 0.932. The Morgan fingerprint density at radius 2 is 2.00 bits per heavy atom. The number of methoxy groups -OCH3 is 1. The highest BCUT2D eigenvalue weighted by molar-refractivity contribution is 7.12. The molecule has 0 atom stereocenters. The standard InChI is InChI=1S/C23H24F3N5O2S/c1-22(2,3)18-10-19(23(24,25)26)31(30-18)21-29-17(12-34-21)20(32)27-8-7-13-11-28-16-6-5-14(33-4)9-15(13)16/h5-6,9-12,28H,7-8H2,1-4H3,(H,27,32). The summed E-state index contributed by atoms with van der Waals surface area (Å²) in [5, 5.41) is 9.32. The number of nitrogens with one attached hydrogen (secondary N) is 2. The molecule has 0 bridgehead atoms. The first-order valence-electron chi connectivity index (χ1n) is 10.5. The van der Waals surface area contributed by atoms with Crippen molar-refractivity contribution in [3.63, 3.8) is 0 Å². The van der Waals surface area contributed by atoms with Crippen molar-refractivity contribution in [3.05, 3.63) is 58.5 Å². The Labute approximate surface area is 198 Å². The number of aromatic nitrogens is 4. The zero-order valence-electron chi connectivity index (χ0n) is 19.1. The number of carbonyl (C=O) groups excluding carboxylic acids is 1. The molecule has 0 aliphatic rings. The lowest BCUT2D eigenvalue weighted by atomic mass is 9.92. The first-order chi connectivity index (χ1) is 16.0. The van der Waals surface area contributed by atoms with Gasteiger partial charge in [-0.2, -0.15) is 18.3 Å². The number of hydrogen-bond donors (Lipinski definition) is 2. The largest absolute Gasteiger partial charge is 0.497 e. The molecule has 0 aliphatic carbocycles. The van der Waals surface area contributed by atoms with E-state index in [-0.39, 0.29) is 16.5 Å². The van der Waals surface area contributed by atoms with Crippen molar-refractivity contribution in [1.29, 1.82) is 0 Å². The lowest BCUT2D eigenvalue weighted by Crippen LogP contribution is -2.26. The van der Waals surface area contributed by atoms with Crippen LogP contribution in [0.3, 0.4) is 0 Å². The molecule has 180 valence electrons. The van der Waals surface area contributed by atoms with E-state index in [1.54, 1.807) is 27.9 Å². The van der Waals surface area contributed by atoms with Gasteiger partial charge in [0.15, 0.2) is 5.69 Å². The number of aromatic amines is 1. The van der Waals surface area contributed by atoms with E-state index in [0.29, 0.717) is 13.0 Å². The van der Waals surface area contributed by atoms with Crippen LogP contribution in [0.4, 0.5) is 13.2 Å². The molecule has 0 saturated heterocycles. The van der Waals surface area contributed by atoms with Crippen LogP contribution >= 0.6 is 11.3 Å². The van der Waals surface area contributed by atoms with Crippen molar-refractivity contribution < 1.29 is 22.7 Å². The number of alkyl halides is 3. The number of hydrogen-bond acceptors (Lipinski definition) is 5. The highest BCUT2D eigenvalue weighted by atomic mass is 32.1. The fourth-order valence-corrected chi connectivity index (χ4v) is 4.22. The van der Waals surface area contributed by atoms with Crippen LogP contribution in [0.25, 0.3) is 16.0 Å². The number of amides is 1. The topological polar surface area (TPSA) is 84.8 Å². The molecule has 7 nitrogen and oxygen atoms in total. The van der Waals surface area contributed by atoms with Gasteiger partial charge in [0.05, 0.1) is 12.8 Å². The SMILES string of the molecule is COc1ccc2[nH]cc(CCNC(=O)c3csc(-n4nc(C(C)(C)C)cc4C(F)(F)F)n3)c2c1. The molecule has 0 radical (unpaired) electrons. The van der Waals surface area contributed by atoms with Crippen molar-refractivity contribution in [2.75, 3.05) is 13.7 Å². The van der Waals surface area contributed by atoms with Gasteiger partial charge in [0, 0.05) is 34.4 Å². The third-order valence-corrected chi connectivity index (χ3v) is 6.14.